The third-order valence-corrected chi connectivity index (χ3v) is 37.7. The molecule has 1 aromatic heterocycles. The Labute approximate surface area is 598 Å². The molecule has 25 rings (SSSR count). The van der Waals surface area contributed by atoms with Crippen molar-refractivity contribution >= 4 is 17.7 Å². The predicted octanol–water partition coefficient (Wildman–Crippen LogP) is 11.8. The highest BCUT2D eigenvalue weighted by Gasteiger charge is 3.04. The van der Waals surface area contributed by atoms with Gasteiger partial charge in [0.05, 0.1) is 48.5 Å². The number of rotatable bonds is 7. The fourth-order valence-electron chi connectivity index (χ4n) is 35.5. The summed E-state index contributed by atoms with van der Waals surface area (Å²) in [5.74, 6) is 7.63. The molecule has 532 valence electrons. The fourth-order valence-corrected chi connectivity index (χ4v) is 35.5. The number of nitrogens with one attached hydrogen (secondary N) is 1. The second-order valence-electron chi connectivity index (χ2n) is 39.2. The van der Waals surface area contributed by atoms with Crippen molar-refractivity contribution in [2.24, 2.45) is 150 Å². The maximum absolute atomic E-state index is 19.0. The number of carbonyl (C=O) groups excluding carboxylic acids is 3. The van der Waals surface area contributed by atoms with E-state index in [4.69, 9.17) is 18.6 Å². The molecule has 16 aliphatic carbocycles. The normalized spacial score (nSPS) is 55.4. The summed E-state index contributed by atoms with van der Waals surface area (Å²) in [6.07, 6.45) is 43.8. The van der Waals surface area contributed by atoms with Crippen LogP contribution in [0, 0.1) is 162 Å². The zero-order valence-electron chi connectivity index (χ0n) is 59.2. The van der Waals surface area contributed by atoms with Gasteiger partial charge in [0.2, 0.25) is 0 Å². The number of fused-ring (bicyclic) bond motifs is 8. The molecule has 10 spiro atoms. The minimum atomic E-state index is -1.61. The number of aliphatic hydroxyl groups excluding tert-OH is 3. The van der Waals surface area contributed by atoms with Crippen LogP contribution in [0.25, 0.3) is 0 Å². The van der Waals surface area contributed by atoms with Gasteiger partial charge in [-0.1, -0.05) is 123 Å². The third kappa shape index (κ3) is 6.05. The monoisotopic (exact) mass is 1370 g/mol. The number of aliphatic hydroxyl groups is 3. The van der Waals surface area contributed by atoms with Crippen molar-refractivity contribution < 1.29 is 53.1 Å². The number of allylic oxidation sites excluding steroid dienone is 7. The maximum Gasteiger partial charge on any atom is 0.339 e. The van der Waals surface area contributed by atoms with Crippen LogP contribution in [0.4, 0.5) is 0 Å². The van der Waals surface area contributed by atoms with E-state index >= 15 is 19.5 Å². The van der Waals surface area contributed by atoms with E-state index < -0.39 is 97.4 Å². The smallest absolute Gasteiger partial charge is 0.339 e. The summed E-state index contributed by atoms with van der Waals surface area (Å²) in [6, 6.07) is 11.4. The molecule has 33 atom stereocenters. The van der Waals surface area contributed by atoms with E-state index in [1.807, 2.05) is 6.26 Å². The van der Waals surface area contributed by atoms with Crippen molar-refractivity contribution in [2.45, 2.75) is 201 Å². The molecule has 0 radical (unpaired) electrons. The molecule has 33 unspecified atom stereocenters. The van der Waals surface area contributed by atoms with Crippen LogP contribution < -0.4 is 5.32 Å². The van der Waals surface area contributed by atoms with Gasteiger partial charge in [-0.05, 0) is 239 Å². The van der Waals surface area contributed by atoms with Crippen molar-refractivity contribution in [3.05, 3.63) is 131 Å². The second kappa shape index (κ2) is 19.3. The van der Waals surface area contributed by atoms with Crippen LogP contribution in [0.3, 0.4) is 0 Å². The van der Waals surface area contributed by atoms with Crippen molar-refractivity contribution in [2.75, 3.05) is 26.4 Å². The van der Waals surface area contributed by atoms with Crippen molar-refractivity contribution in [3.8, 4) is 11.8 Å². The second-order valence-corrected chi connectivity index (χ2v) is 39.2. The van der Waals surface area contributed by atoms with E-state index in [0.29, 0.717) is 79.9 Å². The molecular weight excluding hydrogens is 1270 g/mol. The van der Waals surface area contributed by atoms with Crippen LogP contribution in [0.5, 0.6) is 0 Å². The number of carbonyl (C=O) groups is 3. The molecule has 8 heterocycles. The van der Waals surface area contributed by atoms with Gasteiger partial charge in [-0.25, -0.2) is 4.79 Å². The van der Waals surface area contributed by atoms with E-state index in [9.17, 15) is 14.9 Å². The Morgan fingerprint density at radius 1 is 0.873 bits per heavy atom. The number of furan rings is 1. The highest BCUT2D eigenvalue weighted by atomic mass is 16.7. The summed E-state index contributed by atoms with van der Waals surface area (Å²) < 4.78 is 40.3. The van der Waals surface area contributed by atoms with Crippen LogP contribution >= 0.6 is 0 Å². The number of Topliss-reactive ketones (excluding diaryl/α,β-unsaturated/α-hetero) is 1. The lowest BCUT2D eigenvalue weighted by Crippen LogP contribution is -2.85. The van der Waals surface area contributed by atoms with Crippen LogP contribution in [0.1, 0.15) is 158 Å². The number of hydrogen-bond donors (Lipinski definition) is 4. The van der Waals surface area contributed by atoms with Crippen molar-refractivity contribution in [1.82, 2.24) is 10.2 Å². The lowest BCUT2D eigenvalue weighted by Gasteiger charge is -2.75. The summed E-state index contributed by atoms with van der Waals surface area (Å²) in [5.41, 5.74) is -6.16. The highest BCUT2D eigenvalue weighted by molar-refractivity contribution is 5.96. The molecule has 2 aromatic rings. The molecule has 13 nitrogen and oxygen atoms in total. The standard InChI is InChI=1S/C89H100N2O11/c1-79-40-55-41-84-59-35-57(80(84)27-5-6-28-80)25-30-83(84)78(97)99-45-82-73(55)85(75(95)72(94)74(82)86-58-21-15-50-18-23-64-61-11-7-10-49(61)24-29-81(64,65(50)37-58)70(86)38-60(36-59)88(82,83)102-86)66-33-48(32-47-8-3-2-4-9-47)12-13-51(66)14-19-56-20-16-54-44-98-69(71(54)87(56,79)101-77(96)76-89(79,85)100-76)39-63(68(93)43-92)52-17-22-62-53(34-52)26-31-91-46-90-42-67(62)91/h2-4,8-9,15,18,21,24-26,29-31,38,44,48-49,51-53,55-59,61-68,70,73-76,90,92-93,95H,5-7,10-13,16-17,20,22-23,27-28,32-37,39-43,45-46H2,1H3. The quantitative estimate of drug-likeness (QED) is 0.0891. The van der Waals surface area contributed by atoms with Crippen LogP contribution in [-0.2, 0) is 58.2 Å². The molecule has 0 amide bonds. The molecule has 102 heavy (non-hydrogen) atoms. The Balaban J connectivity index is 0.761. The number of aryl methyl sites for hydroxylation is 1. The van der Waals surface area contributed by atoms with Gasteiger partial charge in [-0.15, -0.1) is 0 Å². The number of nitrogens with zero attached hydrogens (tertiary/aromatic N) is 1. The first kappa shape index (κ1) is 60.8. The Hall–Kier alpha value is -5.33. The average Bonchev–Trinajstić information content (AvgIpc) is 1.39. The molecule has 4 N–H and O–H groups in total. The van der Waals surface area contributed by atoms with E-state index in [0.717, 1.165) is 114 Å². The van der Waals surface area contributed by atoms with E-state index in [2.05, 4.69) is 120 Å². The summed E-state index contributed by atoms with van der Waals surface area (Å²) >= 11 is 0. The van der Waals surface area contributed by atoms with E-state index in [1.54, 1.807) is 0 Å². The molecule has 10 saturated carbocycles. The number of hydrogen-bond acceptors (Lipinski definition) is 13. The first-order chi connectivity index (χ1) is 49.7. The SMILES string of the molecule is CC12CC3CC45C6CC7=CC8C9%10C=CC%11CCCC%11C9CC=C9C=CC(CC9%10)C89OC78C7(COC(=O)C84C=CC(C6)C54CCCC4)C9C(=O)C(O)C4(C5CC(Cc6ccccc6)CCC5C#CC5CCc6coc(CC(C(O)CO)C8CCC9C(C=CN%10CNCC9%10)C8)c6C51OC(=O)C1OC142)C37. The largest absolute Gasteiger partial charge is 0.469 e. The Morgan fingerprint density at radius 2 is 1.76 bits per heavy atom. The molecule has 7 aliphatic heterocycles. The van der Waals surface area contributed by atoms with E-state index in [1.165, 1.54) is 36.0 Å². The summed E-state index contributed by atoms with van der Waals surface area (Å²) in [5, 5.41) is 43.3. The molecule has 23 aliphatic rings. The first-order valence-corrected chi connectivity index (χ1v) is 41.3. The van der Waals surface area contributed by atoms with Crippen molar-refractivity contribution in [3.63, 3.8) is 0 Å². The Bertz CT molecular complexity index is 4390. The number of cyclic esters (lactones) is 1. The van der Waals surface area contributed by atoms with Gasteiger partial charge in [0, 0.05) is 64.0 Å². The molecular formula is C89H100N2O11. The highest BCUT2D eigenvalue weighted by Crippen LogP contribution is 2.97. The van der Waals surface area contributed by atoms with Gasteiger partial charge in [-0.3, -0.25) is 14.9 Å². The van der Waals surface area contributed by atoms with Gasteiger partial charge < -0.3 is 43.6 Å². The van der Waals surface area contributed by atoms with Crippen molar-refractivity contribution in [1.29, 1.82) is 0 Å². The summed E-state index contributed by atoms with van der Waals surface area (Å²) in [4.78, 5) is 55.8. The zero-order chi connectivity index (χ0) is 67.6. The van der Waals surface area contributed by atoms with Crippen LogP contribution in [0.15, 0.2) is 113 Å². The lowest BCUT2D eigenvalue weighted by molar-refractivity contribution is -0.326. The summed E-state index contributed by atoms with van der Waals surface area (Å²) in [7, 11) is 0. The van der Waals surface area contributed by atoms with Gasteiger partial charge >= 0.3 is 11.9 Å². The molecule has 5 saturated heterocycles. The molecule has 15 fully saturated rings. The number of ketones is 1. The number of ether oxygens (including phenoxy) is 4. The number of esters is 2. The third-order valence-electron chi connectivity index (χ3n) is 37.7. The van der Waals surface area contributed by atoms with Crippen LogP contribution in [0.2, 0.25) is 0 Å². The molecule has 1 aromatic carbocycles. The minimum Gasteiger partial charge on any atom is -0.469 e. The maximum atomic E-state index is 19.0. The average molecular weight is 1370 g/mol. The Morgan fingerprint density at radius 3 is 2.65 bits per heavy atom. The van der Waals surface area contributed by atoms with Gasteiger partial charge in [-0.2, -0.15) is 0 Å². The lowest BCUT2D eigenvalue weighted by atomic mass is 9.27. The van der Waals surface area contributed by atoms with E-state index in [-0.39, 0.29) is 95.0 Å². The van der Waals surface area contributed by atoms with Gasteiger partial charge in [0.25, 0.3) is 0 Å². The predicted molar refractivity (Wildman–Crippen MR) is 374 cm³/mol. The molecule has 12 bridgehead atoms. The first-order valence-electron chi connectivity index (χ1n) is 41.3. The number of epoxide rings is 1. The van der Waals surface area contributed by atoms with Crippen LogP contribution in [-0.4, -0.2) is 106 Å². The number of benzene rings is 1. The van der Waals surface area contributed by atoms with Gasteiger partial charge in [0.1, 0.15) is 35.1 Å². The fraction of sp³-hybridized carbons (Fsp3) is 0.697. The van der Waals surface area contributed by atoms with Gasteiger partial charge in [0.15, 0.2) is 17.5 Å². The Kier molecular flexibility index (Phi) is 11.5. The molecule has 13 heteroatoms. The minimum absolute atomic E-state index is 0.00355. The topological polar surface area (TPSA) is 181 Å². The zero-order valence-corrected chi connectivity index (χ0v) is 59.2. The summed E-state index contributed by atoms with van der Waals surface area (Å²) in [6.45, 7) is 3.85.